The first-order valence-electron chi connectivity index (χ1n) is 6.49. The van der Waals surface area contributed by atoms with E-state index in [0.29, 0.717) is 0 Å². The van der Waals surface area contributed by atoms with Crippen molar-refractivity contribution in [2.45, 2.75) is 46.0 Å². The van der Waals surface area contributed by atoms with Crippen molar-refractivity contribution in [1.82, 2.24) is 4.98 Å². The van der Waals surface area contributed by atoms with Crippen molar-refractivity contribution < 1.29 is 0 Å². The minimum Gasteiger partial charge on any atom is -0.358 e. The highest BCUT2D eigenvalue weighted by atomic mass is 14.7. The molecule has 84 valence electrons. The maximum absolute atomic E-state index is 3.60. The molecule has 1 aliphatic rings. The average molecular weight is 213 g/mol. The van der Waals surface area contributed by atoms with Crippen LogP contribution < -0.4 is 0 Å². The Labute approximate surface area is 96.9 Å². The first-order valence-corrected chi connectivity index (χ1v) is 6.49. The topological polar surface area (TPSA) is 15.8 Å². The van der Waals surface area contributed by atoms with Gasteiger partial charge in [-0.25, -0.2) is 0 Å². The second kappa shape index (κ2) is 3.65. The molecular weight excluding hydrogens is 194 g/mol. The van der Waals surface area contributed by atoms with Gasteiger partial charge in [-0.15, -0.1) is 0 Å². The highest BCUT2D eigenvalue weighted by Crippen LogP contribution is 2.34. The average Bonchev–Trinajstić information content (AvgIpc) is 2.87. The molecule has 1 aromatic heterocycles. The predicted octanol–water partition coefficient (Wildman–Crippen LogP) is 3.78. The molecule has 0 fully saturated rings. The summed E-state index contributed by atoms with van der Waals surface area (Å²) in [7, 11) is 0. The van der Waals surface area contributed by atoms with Gasteiger partial charge in [0, 0.05) is 16.6 Å². The molecule has 0 saturated carbocycles. The zero-order valence-corrected chi connectivity index (χ0v) is 10.2. The number of H-pyrrole nitrogens is 1. The van der Waals surface area contributed by atoms with Gasteiger partial charge in [0.05, 0.1) is 0 Å². The number of benzene rings is 1. The van der Waals surface area contributed by atoms with Gasteiger partial charge in [0.2, 0.25) is 0 Å². The SMILES string of the molecule is CCc1ccc2[nH]c3c(c2c1CC)CCC3. The van der Waals surface area contributed by atoms with E-state index in [2.05, 4.69) is 31.0 Å². The van der Waals surface area contributed by atoms with Gasteiger partial charge in [-0.1, -0.05) is 19.9 Å². The molecule has 0 atom stereocenters. The van der Waals surface area contributed by atoms with E-state index in [1.54, 1.807) is 16.5 Å². The van der Waals surface area contributed by atoms with Gasteiger partial charge in [-0.3, -0.25) is 0 Å². The molecule has 3 rings (SSSR count). The smallest absolute Gasteiger partial charge is 0.0461 e. The first kappa shape index (κ1) is 9.95. The summed E-state index contributed by atoms with van der Waals surface area (Å²) in [5, 5.41) is 1.55. The second-order valence-corrected chi connectivity index (χ2v) is 4.77. The number of aromatic amines is 1. The quantitative estimate of drug-likeness (QED) is 0.781. The Balaban J connectivity index is 2.36. The van der Waals surface area contributed by atoms with Crippen LogP contribution in [0.25, 0.3) is 10.9 Å². The lowest BCUT2D eigenvalue weighted by molar-refractivity contribution is 0.898. The summed E-state index contributed by atoms with van der Waals surface area (Å²) < 4.78 is 0. The summed E-state index contributed by atoms with van der Waals surface area (Å²) in [6.45, 7) is 4.54. The molecule has 0 unspecified atom stereocenters. The predicted molar refractivity (Wildman–Crippen MR) is 69.1 cm³/mol. The van der Waals surface area contributed by atoms with E-state index in [0.717, 1.165) is 12.8 Å². The third-order valence-corrected chi connectivity index (χ3v) is 3.95. The second-order valence-electron chi connectivity index (χ2n) is 4.77. The van der Waals surface area contributed by atoms with Crippen LogP contribution in [0.1, 0.15) is 42.7 Å². The number of nitrogens with one attached hydrogen (secondary N) is 1. The molecule has 1 heteroatoms. The third-order valence-electron chi connectivity index (χ3n) is 3.95. The monoisotopic (exact) mass is 213 g/mol. The van der Waals surface area contributed by atoms with Gasteiger partial charge in [-0.05, 0) is 54.9 Å². The van der Waals surface area contributed by atoms with E-state index in [1.807, 2.05) is 0 Å². The van der Waals surface area contributed by atoms with Gasteiger partial charge in [-0.2, -0.15) is 0 Å². The number of hydrogen-bond donors (Lipinski definition) is 1. The van der Waals surface area contributed by atoms with E-state index in [9.17, 15) is 0 Å². The maximum Gasteiger partial charge on any atom is 0.0461 e. The first-order chi connectivity index (χ1) is 7.85. The normalized spacial score (nSPS) is 14.6. The van der Waals surface area contributed by atoms with E-state index in [-0.39, 0.29) is 0 Å². The van der Waals surface area contributed by atoms with Crippen molar-refractivity contribution in [2.24, 2.45) is 0 Å². The van der Waals surface area contributed by atoms with Crippen molar-refractivity contribution in [3.05, 3.63) is 34.5 Å². The lowest BCUT2D eigenvalue weighted by atomic mass is 9.96. The Bertz CT molecular complexity index is 534. The minimum absolute atomic E-state index is 1.15. The van der Waals surface area contributed by atoms with Crippen LogP contribution >= 0.6 is 0 Å². The zero-order valence-electron chi connectivity index (χ0n) is 10.2. The largest absolute Gasteiger partial charge is 0.358 e. The number of fused-ring (bicyclic) bond motifs is 3. The highest BCUT2D eigenvalue weighted by Gasteiger charge is 2.19. The number of aromatic nitrogens is 1. The fraction of sp³-hybridized carbons (Fsp3) is 0.467. The molecule has 0 radical (unpaired) electrons. The molecule has 1 nitrogen and oxygen atoms in total. The van der Waals surface area contributed by atoms with Gasteiger partial charge in [0.1, 0.15) is 0 Å². The van der Waals surface area contributed by atoms with Crippen LogP contribution in [0.2, 0.25) is 0 Å². The molecule has 1 aromatic carbocycles. The summed E-state index contributed by atoms with van der Waals surface area (Å²) in [6.07, 6.45) is 6.16. The number of rotatable bonds is 2. The highest BCUT2D eigenvalue weighted by molar-refractivity contribution is 5.89. The maximum atomic E-state index is 3.60. The standard InChI is InChI=1S/C15H19N/c1-3-10-8-9-14-15(11(10)4-2)12-6-5-7-13(12)16-14/h8-9,16H,3-7H2,1-2H3. The van der Waals surface area contributed by atoms with Crippen LogP contribution in [-0.4, -0.2) is 4.98 Å². The van der Waals surface area contributed by atoms with E-state index < -0.39 is 0 Å². The van der Waals surface area contributed by atoms with Gasteiger partial charge in [0.15, 0.2) is 0 Å². The molecular formula is C15H19N. The molecule has 0 aliphatic heterocycles. The molecule has 0 amide bonds. The summed E-state index contributed by atoms with van der Waals surface area (Å²) in [5.74, 6) is 0. The van der Waals surface area contributed by atoms with E-state index in [4.69, 9.17) is 0 Å². The Kier molecular flexibility index (Phi) is 2.27. The van der Waals surface area contributed by atoms with Crippen molar-refractivity contribution in [3.63, 3.8) is 0 Å². The molecule has 0 saturated heterocycles. The Morgan fingerprint density at radius 2 is 2.00 bits per heavy atom. The summed E-state index contributed by atoms with van der Waals surface area (Å²) in [5.41, 5.74) is 7.59. The van der Waals surface area contributed by atoms with Gasteiger partial charge < -0.3 is 4.98 Å². The fourth-order valence-corrected chi connectivity index (χ4v) is 3.20. The molecule has 1 heterocycles. The molecule has 0 spiro atoms. The van der Waals surface area contributed by atoms with Crippen LogP contribution in [0, 0.1) is 0 Å². The minimum atomic E-state index is 1.15. The molecule has 2 aromatic rings. The van der Waals surface area contributed by atoms with Crippen LogP contribution in [0.5, 0.6) is 0 Å². The number of aryl methyl sites for hydroxylation is 4. The van der Waals surface area contributed by atoms with Crippen LogP contribution in [0.4, 0.5) is 0 Å². The van der Waals surface area contributed by atoms with Crippen LogP contribution in [0.15, 0.2) is 12.1 Å². The summed E-state index contributed by atoms with van der Waals surface area (Å²) >= 11 is 0. The summed E-state index contributed by atoms with van der Waals surface area (Å²) in [4.78, 5) is 3.60. The fourth-order valence-electron chi connectivity index (χ4n) is 3.20. The van der Waals surface area contributed by atoms with Gasteiger partial charge in [0.25, 0.3) is 0 Å². The van der Waals surface area contributed by atoms with Crippen LogP contribution in [0.3, 0.4) is 0 Å². The lowest BCUT2D eigenvalue weighted by Crippen LogP contribution is -1.93. The lowest BCUT2D eigenvalue weighted by Gasteiger charge is -2.08. The summed E-state index contributed by atoms with van der Waals surface area (Å²) in [6, 6.07) is 4.57. The Morgan fingerprint density at radius 1 is 1.12 bits per heavy atom. The third kappa shape index (κ3) is 1.24. The molecule has 0 bridgehead atoms. The molecule has 1 aliphatic carbocycles. The van der Waals surface area contributed by atoms with Crippen LogP contribution in [-0.2, 0) is 25.7 Å². The van der Waals surface area contributed by atoms with Crippen molar-refractivity contribution in [3.8, 4) is 0 Å². The van der Waals surface area contributed by atoms with E-state index >= 15 is 0 Å². The van der Waals surface area contributed by atoms with E-state index in [1.165, 1.54) is 36.0 Å². The Morgan fingerprint density at radius 3 is 2.75 bits per heavy atom. The van der Waals surface area contributed by atoms with Crippen molar-refractivity contribution in [2.75, 3.05) is 0 Å². The zero-order chi connectivity index (χ0) is 11.1. The molecule has 16 heavy (non-hydrogen) atoms. The Hall–Kier alpha value is -1.24. The van der Waals surface area contributed by atoms with Gasteiger partial charge >= 0.3 is 0 Å². The van der Waals surface area contributed by atoms with Crippen molar-refractivity contribution in [1.29, 1.82) is 0 Å². The van der Waals surface area contributed by atoms with Crippen molar-refractivity contribution >= 4 is 10.9 Å². The number of hydrogen-bond acceptors (Lipinski definition) is 0. The molecule has 1 N–H and O–H groups in total.